The summed E-state index contributed by atoms with van der Waals surface area (Å²) in [5.74, 6) is -0.208. The van der Waals surface area contributed by atoms with E-state index < -0.39 is 0 Å². The van der Waals surface area contributed by atoms with E-state index in [1.54, 1.807) is 23.5 Å². The van der Waals surface area contributed by atoms with E-state index in [1.165, 1.54) is 28.0 Å². The predicted molar refractivity (Wildman–Crippen MR) is 90.1 cm³/mol. The molecule has 0 aliphatic carbocycles. The molecule has 2 aromatic carbocycles. The zero-order chi connectivity index (χ0) is 14.1. The second-order valence-electron chi connectivity index (χ2n) is 4.93. The van der Waals surface area contributed by atoms with Gasteiger partial charge in [-0.15, -0.1) is 12.4 Å². The van der Waals surface area contributed by atoms with Crippen LogP contribution in [0, 0.1) is 19.7 Å². The molecule has 2 nitrogen and oxygen atoms in total. The van der Waals surface area contributed by atoms with Gasteiger partial charge in [0.1, 0.15) is 5.82 Å². The number of benzene rings is 2. The van der Waals surface area contributed by atoms with Gasteiger partial charge in [0.15, 0.2) is 5.13 Å². The van der Waals surface area contributed by atoms with Gasteiger partial charge < -0.3 is 5.32 Å². The molecule has 0 saturated carbocycles. The fourth-order valence-corrected chi connectivity index (χ4v) is 3.26. The van der Waals surface area contributed by atoms with Gasteiger partial charge in [-0.25, -0.2) is 9.37 Å². The first kappa shape index (κ1) is 15.7. The molecule has 0 amide bonds. The summed E-state index contributed by atoms with van der Waals surface area (Å²) in [4.78, 5) is 4.62. The van der Waals surface area contributed by atoms with Gasteiger partial charge in [0, 0.05) is 6.54 Å². The minimum atomic E-state index is -0.208. The molecule has 1 N–H and O–H groups in total. The zero-order valence-electron chi connectivity index (χ0n) is 11.8. The van der Waals surface area contributed by atoms with Crippen molar-refractivity contribution in [3.8, 4) is 0 Å². The van der Waals surface area contributed by atoms with E-state index >= 15 is 0 Å². The standard InChI is InChI=1S/C16H15FN2S.ClH/c1-10-7-11(2)15-14(8-10)20-16(19-15)18-9-12-3-5-13(17)6-4-12;/h3-8H,9H2,1-2H3,(H,18,19);1H. The molecule has 0 aliphatic heterocycles. The lowest BCUT2D eigenvalue weighted by atomic mass is 10.1. The van der Waals surface area contributed by atoms with Gasteiger partial charge in [0.25, 0.3) is 0 Å². The lowest BCUT2D eigenvalue weighted by molar-refractivity contribution is 0.627. The number of aromatic nitrogens is 1. The van der Waals surface area contributed by atoms with Crippen LogP contribution in [-0.4, -0.2) is 4.98 Å². The highest BCUT2D eigenvalue weighted by Gasteiger charge is 2.06. The molecular formula is C16H16ClFN2S. The van der Waals surface area contributed by atoms with Crippen LogP contribution >= 0.6 is 23.7 Å². The molecular weight excluding hydrogens is 307 g/mol. The van der Waals surface area contributed by atoms with Crippen LogP contribution in [-0.2, 0) is 6.54 Å². The molecule has 0 unspecified atom stereocenters. The molecule has 0 radical (unpaired) electrons. The number of thiazole rings is 1. The lowest BCUT2D eigenvalue weighted by Crippen LogP contribution is -1.98. The van der Waals surface area contributed by atoms with Gasteiger partial charge in [0.05, 0.1) is 10.2 Å². The van der Waals surface area contributed by atoms with Crippen molar-refractivity contribution >= 4 is 39.1 Å². The van der Waals surface area contributed by atoms with Crippen LogP contribution in [0.2, 0.25) is 0 Å². The topological polar surface area (TPSA) is 24.9 Å². The Kier molecular flexibility index (Phi) is 4.80. The largest absolute Gasteiger partial charge is 0.357 e. The van der Waals surface area contributed by atoms with Crippen LogP contribution in [0.15, 0.2) is 36.4 Å². The van der Waals surface area contributed by atoms with Crippen molar-refractivity contribution in [3.05, 3.63) is 58.9 Å². The van der Waals surface area contributed by atoms with Crippen molar-refractivity contribution < 1.29 is 4.39 Å². The summed E-state index contributed by atoms with van der Waals surface area (Å²) in [7, 11) is 0. The number of hydrogen-bond acceptors (Lipinski definition) is 3. The molecule has 1 aromatic heterocycles. The van der Waals surface area contributed by atoms with E-state index in [9.17, 15) is 4.39 Å². The molecule has 3 rings (SSSR count). The van der Waals surface area contributed by atoms with Gasteiger partial charge in [-0.2, -0.15) is 0 Å². The summed E-state index contributed by atoms with van der Waals surface area (Å²) in [6.45, 7) is 4.83. The van der Waals surface area contributed by atoms with E-state index in [4.69, 9.17) is 0 Å². The van der Waals surface area contributed by atoms with Gasteiger partial charge in [-0.1, -0.05) is 29.5 Å². The number of hydrogen-bond donors (Lipinski definition) is 1. The fraction of sp³-hybridized carbons (Fsp3) is 0.188. The Morgan fingerprint density at radius 3 is 2.57 bits per heavy atom. The molecule has 110 valence electrons. The number of aryl methyl sites for hydroxylation is 2. The van der Waals surface area contributed by atoms with Gasteiger partial charge in [-0.3, -0.25) is 0 Å². The molecule has 3 aromatic rings. The van der Waals surface area contributed by atoms with E-state index in [-0.39, 0.29) is 18.2 Å². The van der Waals surface area contributed by atoms with E-state index in [0.29, 0.717) is 6.54 Å². The third-order valence-corrected chi connectivity index (χ3v) is 4.15. The minimum Gasteiger partial charge on any atom is -0.357 e. The molecule has 5 heteroatoms. The molecule has 0 spiro atoms. The summed E-state index contributed by atoms with van der Waals surface area (Å²) in [6.07, 6.45) is 0. The van der Waals surface area contributed by atoms with Crippen LogP contribution in [0.25, 0.3) is 10.2 Å². The lowest BCUT2D eigenvalue weighted by Gasteiger charge is -2.02. The molecule has 0 atom stereocenters. The second-order valence-corrected chi connectivity index (χ2v) is 5.96. The van der Waals surface area contributed by atoms with E-state index in [0.717, 1.165) is 16.2 Å². The molecule has 0 saturated heterocycles. The Balaban J connectivity index is 0.00000161. The van der Waals surface area contributed by atoms with E-state index in [1.807, 2.05) is 0 Å². The average molecular weight is 323 g/mol. The van der Waals surface area contributed by atoms with Crippen molar-refractivity contribution in [2.75, 3.05) is 5.32 Å². The van der Waals surface area contributed by atoms with Gasteiger partial charge >= 0.3 is 0 Å². The van der Waals surface area contributed by atoms with E-state index in [2.05, 4.69) is 36.3 Å². The number of nitrogens with one attached hydrogen (secondary N) is 1. The predicted octanol–water partition coefficient (Wildman–Crippen LogP) is 5.09. The average Bonchev–Trinajstić information content (AvgIpc) is 2.81. The Bertz CT molecular complexity index is 753. The van der Waals surface area contributed by atoms with Crippen molar-refractivity contribution in [1.82, 2.24) is 4.98 Å². The molecule has 0 bridgehead atoms. The number of halogens is 2. The number of anilines is 1. The summed E-state index contributed by atoms with van der Waals surface area (Å²) >= 11 is 1.65. The fourth-order valence-electron chi connectivity index (χ4n) is 2.23. The molecule has 21 heavy (non-hydrogen) atoms. The second kappa shape index (κ2) is 6.41. The van der Waals surface area contributed by atoms with Crippen molar-refractivity contribution in [3.63, 3.8) is 0 Å². The van der Waals surface area contributed by atoms with Crippen LogP contribution < -0.4 is 5.32 Å². The van der Waals surface area contributed by atoms with Crippen LogP contribution in [0.3, 0.4) is 0 Å². The number of fused-ring (bicyclic) bond motifs is 1. The third-order valence-electron chi connectivity index (χ3n) is 3.19. The number of nitrogens with zero attached hydrogens (tertiary/aromatic N) is 1. The minimum absolute atomic E-state index is 0. The summed E-state index contributed by atoms with van der Waals surface area (Å²) in [5.41, 5.74) is 4.55. The van der Waals surface area contributed by atoms with Crippen molar-refractivity contribution in [2.45, 2.75) is 20.4 Å². The first-order chi connectivity index (χ1) is 9.61. The van der Waals surface area contributed by atoms with Gasteiger partial charge in [0.2, 0.25) is 0 Å². The molecule has 1 heterocycles. The Morgan fingerprint density at radius 1 is 1.14 bits per heavy atom. The first-order valence-electron chi connectivity index (χ1n) is 6.48. The maximum atomic E-state index is 12.8. The normalized spacial score (nSPS) is 10.4. The Labute approximate surface area is 133 Å². The summed E-state index contributed by atoms with van der Waals surface area (Å²) in [5, 5.41) is 4.20. The third kappa shape index (κ3) is 3.52. The van der Waals surface area contributed by atoms with Crippen LogP contribution in [0.5, 0.6) is 0 Å². The molecule has 0 fully saturated rings. The summed E-state index contributed by atoms with van der Waals surface area (Å²) < 4.78 is 14.0. The highest BCUT2D eigenvalue weighted by molar-refractivity contribution is 7.22. The maximum absolute atomic E-state index is 12.8. The van der Waals surface area contributed by atoms with Crippen LogP contribution in [0.4, 0.5) is 9.52 Å². The monoisotopic (exact) mass is 322 g/mol. The first-order valence-corrected chi connectivity index (χ1v) is 7.29. The van der Waals surface area contributed by atoms with Crippen molar-refractivity contribution in [1.29, 1.82) is 0 Å². The number of rotatable bonds is 3. The van der Waals surface area contributed by atoms with Crippen LogP contribution in [0.1, 0.15) is 16.7 Å². The quantitative estimate of drug-likeness (QED) is 0.726. The molecule has 0 aliphatic rings. The smallest absolute Gasteiger partial charge is 0.184 e. The van der Waals surface area contributed by atoms with Crippen molar-refractivity contribution in [2.24, 2.45) is 0 Å². The summed E-state index contributed by atoms with van der Waals surface area (Å²) in [6, 6.07) is 10.8. The zero-order valence-corrected chi connectivity index (χ0v) is 13.4. The Morgan fingerprint density at radius 2 is 1.86 bits per heavy atom. The SMILES string of the molecule is Cc1cc(C)c2nc(NCc3ccc(F)cc3)sc2c1.Cl. The highest BCUT2D eigenvalue weighted by atomic mass is 35.5. The highest BCUT2D eigenvalue weighted by Crippen LogP contribution is 2.29. The maximum Gasteiger partial charge on any atom is 0.184 e. The van der Waals surface area contributed by atoms with Gasteiger partial charge in [-0.05, 0) is 48.7 Å². The Hall–Kier alpha value is -1.65.